The summed E-state index contributed by atoms with van der Waals surface area (Å²) in [6.45, 7) is 2.63. The van der Waals surface area contributed by atoms with Crippen LogP contribution in [0.2, 0.25) is 0 Å². The summed E-state index contributed by atoms with van der Waals surface area (Å²) in [4.78, 5) is 0. The van der Waals surface area contributed by atoms with Crippen molar-refractivity contribution in [2.45, 2.75) is 12.8 Å². The maximum absolute atomic E-state index is 8.73. The minimum atomic E-state index is 0.248. The molecule has 1 saturated heterocycles. The highest BCUT2D eigenvalue weighted by molar-refractivity contribution is 4.73. The SMILES string of the molecule is NCC(CCO)C1CCOC1. The minimum Gasteiger partial charge on any atom is -0.396 e. The van der Waals surface area contributed by atoms with E-state index in [0.717, 1.165) is 26.1 Å². The van der Waals surface area contributed by atoms with Gasteiger partial charge in [-0.3, -0.25) is 0 Å². The van der Waals surface area contributed by atoms with Crippen LogP contribution in [0.3, 0.4) is 0 Å². The van der Waals surface area contributed by atoms with Crippen molar-refractivity contribution in [1.29, 1.82) is 0 Å². The summed E-state index contributed by atoms with van der Waals surface area (Å²) >= 11 is 0. The van der Waals surface area contributed by atoms with E-state index in [-0.39, 0.29) is 6.61 Å². The normalized spacial score (nSPS) is 27.3. The van der Waals surface area contributed by atoms with Crippen LogP contribution >= 0.6 is 0 Å². The molecule has 1 rings (SSSR count). The Morgan fingerprint density at radius 2 is 2.45 bits per heavy atom. The first-order chi connectivity index (χ1) is 5.38. The van der Waals surface area contributed by atoms with Gasteiger partial charge in [-0.05, 0) is 31.2 Å². The molecule has 0 aromatic rings. The molecule has 0 aromatic heterocycles. The van der Waals surface area contributed by atoms with Crippen LogP contribution in [-0.2, 0) is 4.74 Å². The third-order valence-corrected chi connectivity index (χ3v) is 2.43. The first-order valence-electron chi connectivity index (χ1n) is 4.27. The monoisotopic (exact) mass is 159 g/mol. The van der Waals surface area contributed by atoms with Crippen molar-refractivity contribution in [3.05, 3.63) is 0 Å². The van der Waals surface area contributed by atoms with E-state index in [2.05, 4.69) is 0 Å². The number of ether oxygens (including phenoxy) is 1. The Hall–Kier alpha value is -0.120. The Labute approximate surface area is 67.5 Å². The molecular weight excluding hydrogens is 142 g/mol. The van der Waals surface area contributed by atoms with Gasteiger partial charge in [0.1, 0.15) is 0 Å². The molecule has 2 unspecified atom stereocenters. The van der Waals surface area contributed by atoms with Crippen LogP contribution in [0.5, 0.6) is 0 Å². The van der Waals surface area contributed by atoms with Gasteiger partial charge in [0.15, 0.2) is 0 Å². The minimum absolute atomic E-state index is 0.248. The molecule has 0 bridgehead atoms. The van der Waals surface area contributed by atoms with Crippen LogP contribution < -0.4 is 5.73 Å². The molecule has 0 radical (unpaired) electrons. The number of aliphatic hydroxyl groups excluding tert-OH is 1. The van der Waals surface area contributed by atoms with E-state index in [4.69, 9.17) is 15.6 Å². The zero-order valence-electron chi connectivity index (χ0n) is 6.83. The smallest absolute Gasteiger partial charge is 0.0498 e. The van der Waals surface area contributed by atoms with E-state index in [1.807, 2.05) is 0 Å². The standard InChI is InChI=1S/C8H17NO2/c9-5-7(1-3-10)8-2-4-11-6-8/h7-8,10H,1-6,9H2. The van der Waals surface area contributed by atoms with Crippen LogP contribution in [0.15, 0.2) is 0 Å². The van der Waals surface area contributed by atoms with Gasteiger partial charge in [0, 0.05) is 19.8 Å². The molecule has 0 aliphatic carbocycles. The average Bonchev–Trinajstić information content (AvgIpc) is 2.52. The highest BCUT2D eigenvalue weighted by Gasteiger charge is 2.23. The van der Waals surface area contributed by atoms with Crippen molar-refractivity contribution in [2.24, 2.45) is 17.6 Å². The average molecular weight is 159 g/mol. The summed E-state index contributed by atoms with van der Waals surface area (Å²) in [6, 6.07) is 0. The van der Waals surface area contributed by atoms with Crippen molar-refractivity contribution in [1.82, 2.24) is 0 Å². The number of hydrogen-bond acceptors (Lipinski definition) is 3. The number of hydrogen-bond donors (Lipinski definition) is 2. The van der Waals surface area contributed by atoms with Crippen molar-refractivity contribution in [3.63, 3.8) is 0 Å². The Kier molecular flexibility index (Phi) is 3.83. The van der Waals surface area contributed by atoms with E-state index in [0.29, 0.717) is 18.4 Å². The fraction of sp³-hybridized carbons (Fsp3) is 1.00. The molecule has 1 fully saturated rings. The number of nitrogens with two attached hydrogens (primary N) is 1. The van der Waals surface area contributed by atoms with E-state index < -0.39 is 0 Å². The molecule has 3 heteroatoms. The van der Waals surface area contributed by atoms with Crippen molar-refractivity contribution in [2.75, 3.05) is 26.4 Å². The van der Waals surface area contributed by atoms with E-state index in [1.165, 1.54) is 0 Å². The second kappa shape index (κ2) is 4.70. The van der Waals surface area contributed by atoms with Crippen molar-refractivity contribution < 1.29 is 9.84 Å². The van der Waals surface area contributed by atoms with Gasteiger partial charge in [-0.25, -0.2) is 0 Å². The van der Waals surface area contributed by atoms with Crippen LogP contribution in [0.25, 0.3) is 0 Å². The van der Waals surface area contributed by atoms with Gasteiger partial charge in [0.05, 0.1) is 0 Å². The van der Waals surface area contributed by atoms with Crippen molar-refractivity contribution >= 4 is 0 Å². The first-order valence-corrected chi connectivity index (χ1v) is 4.27. The molecule has 1 aliphatic heterocycles. The molecule has 0 saturated carbocycles. The molecule has 1 heterocycles. The zero-order chi connectivity index (χ0) is 8.10. The fourth-order valence-corrected chi connectivity index (χ4v) is 1.64. The topological polar surface area (TPSA) is 55.5 Å². The van der Waals surface area contributed by atoms with Crippen molar-refractivity contribution in [3.8, 4) is 0 Å². The van der Waals surface area contributed by atoms with Crippen LogP contribution in [0.4, 0.5) is 0 Å². The van der Waals surface area contributed by atoms with Gasteiger partial charge in [0.2, 0.25) is 0 Å². The van der Waals surface area contributed by atoms with Gasteiger partial charge >= 0.3 is 0 Å². The highest BCUT2D eigenvalue weighted by atomic mass is 16.5. The van der Waals surface area contributed by atoms with Crippen LogP contribution in [0.1, 0.15) is 12.8 Å². The first kappa shape index (κ1) is 8.97. The van der Waals surface area contributed by atoms with Gasteiger partial charge in [0.25, 0.3) is 0 Å². The number of aliphatic hydroxyl groups is 1. The quantitative estimate of drug-likeness (QED) is 0.606. The summed E-state index contributed by atoms with van der Waals surface area (Å²) in [5, 5.41) is 8.73. The molecule has 11 heavy (non-hydrogen) atoms. The number of rotatable bonds is 4. The maximum atomic E-state index is 8.73. The molecule has 1 aliphatic rings. The zero-order valence-corrected chi connectivity index (χ0v) is 6.83. The van der Waals surface area contributed by atoms with Gasteiger partial charge < -0.3 is 15.6 Å². The summed E-state index contributed by atoms with van der Waals surface area (Å²) in [7, 11) is 0. The Morgan fingerprint density at radius 1 is 1.64 bits per heavy atom. The predicted molar refractivity (Wildman–Crippen MR) is 43.2 cm³/mol. The molecule has 0 amide bonds. The Morgan fingerprint density at radius 3 is 2.91 bits per heavy atom. The van der Waals surface area contributed by atoms with Gasteiger partial charge in [-0.1, -0.05) is 0 Å². The lowest BCUT2D eigenvalue weighted by atomic mass is 9.89. The predicted octanol–water partition coefficient (Wildman–Crippen LogP) is -0.0198. The van der Waals surface area contributed by atoms with E-state index in [9.17, 15) is 0 Å². The van der Waals surface area contributed by atoms with E-state index >= 15 is 0 Å². The molecule has 0 spiro atoms. The second-order valence-corrected chi connectivity index (χ2v) is 3.13. The summed E-state index contributed by atoms with van der Waals surface area (Å²) in [6.07, 6.45) is 1.94. The molecule has 3 nitrogen and oxygen atoms in total. The van der Waals surface area contributed by atoms with Crippen LogP contribution in [0, 0.1) is 11.8 Å². The molecular formula is C8H17NO2. The highest BCUT2D eigenvalue weighted by Crippen LogP contribution is 2.23. The molecule has 0 aromatic carbocycles. The van der Waals surface area contributed by atoms with E-state index in [1.54, 1.807) is 0 Å². The molecule has 2 atom stereocenters. The third kappa shape index (κ3) is 2.43. The summed E-state index contributed by atoms with van der Waals surface area (Å²) in [5.41, 5.74) is 5.57. The third-order valence-electron chi connectivity index (χ3n) is 2.43. The molecule has 66 valence electrons. The summed E-state index contributed by atoms with van der Waals surface area (Å²) in [5.74, 6) is 1.05. The maximum Gasteiger partial charge on any atom is 0.0498 e. The summed E-state index contributed by atoms with van der Waals surface area (Å²) < 4.78 is 5.25. The lowest BCUT2D eigenvalue weighted by Gasteiger charge is -2.18. The van der Waals surface area contributed by atoms with Gasteiger partial charge in [-0.15, -0.1) is 0 Å². The second-order valence-electron chi connectivity index (χ2n) is 3.13. The Balaban J connectivity index is 2.27. The largest absolute Gasteiger partial charge is 0.396 e. The lowest BCUT2D eigenvalue weighted by Crippen LogP contribution is -2.24. The fourth-order valence-electron chi connectivity index (χ4n) is 1.64. The van der Waals surface area contributed by atoms with Gasteiger partial charge in [-0.2, -0.15) is 0 Å². The molecule has 3 N–H and O–H groups in total. The Bertz CT molecular complexity index is 102. The lowest BCUT2D eigenvalue weighted by molar-refractivity contribution is 0.161. The van der Waals surface area contributed by atoms with Crippen LogP contribution in [-0.4, -0.2) is 31.5 Å².